The van der Waals surface area contributed by atoms with Gasteiger partial charge in [-0.1, -0.05) is 182 Å². The lowest BCUT2D eigenvalue weighted by molar-refractivity contribution is 1.18. The monoisotopic (exact) mass is 753 g/mol. The second-order valence-electron chi connectivity index (χ2n) is 14.7. The molecule has 0 N–H and O–H groups in total. The van der Waals surface area contributed by atoms with Gasteiger partial charge < -0.3 is 0 Å². The number of aromatic nitrogens is 5. The van der Waals surface area contributed by atoms with Crippen LogP contribution in [0.25, 0.3) is 106 Å². The number of imidazole rings is 1. The zero-order valence-electron chi connectivity index (χ0n) is 31.9. The third-order valence-electron chi connectivity index (χ3n) is 11.0. The van der Waals surface area contributed by atoms with Crippen molar-refractivity contribution in [1.29, 1.82) is 0 Å². The van der Waals surface area contributed by atoms with E-state index < -0.39 is 0 Å². The molecule has 0 radical (unpaired) electrons. The molecule has 7 aromatic carbocycles. The summed E-state index contributed by atoms with van der Waals surface area (Å²) in [5.74, 6) is 0.665. The summed E-state index contributed by atoms with van der Waals surface area (Å²) in [5.41, 5.74) is 16.7. The lowest BCUT2D eigenvalue weighted by Gasteiger charge is -2.18. The molecule has 0 atom stereocenters. The zero-order valence-corrected chi connectivity index (χ0v) is 31.9. The largest absolute Gasteiger partial charge is 0.298 e. The van der Waals surface area contributed by atoms with Crippen molar-refractivity contribution in [2.45, 2.75) is 0 Å². The fourth-order valence-corrected chi connectivity index (χ4v) is 8.15. The molecule has 0 unspecified atom stereocenters. The number of nitrogens with zero attached hydrogens (tertiary/aromatic N) is 5. The van der Waals surface area contributed by atoms with Crippen LogP contribution >= 0.6 is 0 Å². The van der Waals surface area contributed by atoms with E-state index >= 15 is 0 Å². The maximum absolute atomic E-state index is 5.43. The van der Waals surface area contributed by atoms with Crippen LogP contribution in [0.3, 0.4) is 0 Å². The molecule has 11 aromatic rings. The topological polar surface area (TPSA) is 56.0 Å². The SMILES string of the molecule is c1ccc(-c2ccc(-c3nc(-c4ccccc4)nc(-c4ccc(-c5ccccc5)cc4)c3-c3cccc(-c4nc5ccccc5c5nc6ccccn6c45)c3)cc2)cc1. The molecular weight excluding hydrogens is 719 g/mol. The van der Waals surface area contributed by atoms with Gasteiger partial charge in [-0.2, -0.15) is 0 Å². The summed E-state index contributed by atoms with van der Waals surface area (Å²) in [5, 5.41) is 1.03. The summed E-state index contributed by atoms with van der Waals surface area (Å²) in [6.45, 7) is 0. The lowest BCUT2D eigenvalue weighted by Crippen LogP contribution is -2.01. The van der Waals surface area contributed by atoms with Crippen molar-refractivity contribution in [3.05, 3.63) is 212 Å². The van der Waals surface area contributed by atoms with Gasteiger partial charge >= 0.3 is 0 Å². The Labute approximate surface area is 341 Å². The molecule has 0 saturated carbocycles. The average Bonchev–Trinajstić information content (AvgIpc) is 3.72. The fraction of sp³-hybridized carbons (Fsp3) is 0. The second kappa shape index (κ2) is 14.5. The predicted octanol–water partition coefficient (Wildman–Crippen LogP) is 13.5. The molecule has 0 amide bonds. The van der Waals surface area contributed by atoms with E-state index in [0.29, 0.717) is 5.82 Å². The van der Waals surface area contributed by atoms with E-state index in [-0.39, 0.29) is 0 Å². The zero-order chi connectivity index (χ0) is 39.1. The van der Waals surface area contributed by atoms with Crippen molar-refractivity contribution in [1.82, 2.24) is 24.3 Å². The first-order valence-electron chi connectivity index (χ1n) is 19.8. The van der Waals surface area contributed by atoms with Crippen LogP contribution in [0.1, 0.15) is 0 Å². The van der Waals surface area contributed by atoms with Crippen LogP contribution < -0.4 is 0 Å². The van der Waals surface area contributed by atoms with Gasteiger partial charge in [0.05, 0.1) is 28.1 Å². The van der Waals surface area contributed by atoms with E-state index in [9.17, 15) is 0 Å². The summed E-state index contributed by atoms with van der Waals surface area (Å²) in [6.07, 6.45) is 2.07. The van der Waals surface area contributed by atoms with E-state index in [4.69, 9.17) is 19.9 Å². The lowest BCUT2D eigenvalue weighted by atomic mass is 9.91. The maximum atomic E-state index is 5.43. The molecule has 5 heteroatoms. The molecule has 0 aliphatic rings. The van der Waals surface area contributed by atoms with Crippen molar-refractivity contribution in [2.75, 3.05) is 0 Å². The Morgan fingerprint density at radius 2 is 0.814 bits per heavy atom. The highest BCUT2D eigenvalue weighted by Gasteiger charge is 2.22. The highest BCUT2D eigenvalue weighted by atomic mass is 15.0. The van der Waals surface area contributed by atoms with Crippen LogP contribution in [-0.2, 0) is 0 Å². The van der Waals surface area contributed by atoms with Crippen molar-refractivity contribution < 1.29 is 0 Å². The number of pyridine rings is 2. The van der Waals surface area contributed by atoms with Gasteiger partial charge in [0.15, 0.2) is 5.82 Å². The van der Waals surface area contributed by atoms with Crippen LogP contribution in [0.5, 0.6) is 0 Å². The molecule has 5 nitrogen and oxygen atoms in total. The third-order valence-corrected chi connectivity index (χ3v) is 11.0. The van der Waals surface area contributed by atoms with Gasteiger partial charge in [0.1, 0.15) is 11.2 Å². The number of benzene rings is 7. The van der Waals surface area contributed by atoms with E-state index in [2.05, 4.69) is 162 Å². The van der Waals surface area contributed by atoms with Crippen LogP contribution in [0.4, 0.5) is 0 Å². The Kier molecular flexibility index (Phi) is 8.41. The number of rotatable bonds is 7. The second-order valence-corrected chi connectivity index (χ2v) is 14.7. The van der Waals surface area contributed by atoms with Gasteiger partial charge in [-0.05, 0) is 52.1 Å². The smallest absolute Gasteiger partial charge is 0.160 e. The molecule has 0 aliphatic carbocycles. The minimum atomic E-state index is 0.665. The molecule has 0 aliphatic heterocycles. The normalized spacial score (nSPS) is 11.4. The van der Waals surface area contributed by atoms with E-state index in [1.165, 1.54) is 11.1 Å². The summed E-state index contributed by atoms with van der Waals surface area (Å²) in [4.78, 5) is 21.3. The van der Waals surface area contributed by atoms with Gasteiger partial charge in [0, 0.05) is 39.4 Å². The van der Waals surface area contributed by atoms with E-state index in [0.717, 1.165) is 89.2 Å². The molecular formula is C54H35N5. The van der Waals surface area contributed by atoms with Crippen molar-refractivity contribution in [3.8, 4) is 78.5 Å². The molecule has 0 saturated heterocycles. The van der Waals surface area contributed by atoms with Crippen molar-refractivity contribution >= 4 is 27.6 Å². The summed E-state index contributed by atoms with van der Waals surface area (Å²) >= 11 is 0. The van der Waals surface area contributed by atoms with E-state index in [1.54, 1.807) is 0 Å². The summed E-state index contributed by atoms with van der Waals surface area (Å²) < 4.78 is 2.15. The standard InChI is InChI=1S/C54H35N5/c1-4-15-36(16-5-1)38-26-30-40(31-27-38)49-48(50(58-54(57-49)42-19-8-3-9-20-42)41-32-28-39(29-33-41)37-17-6-2-7-18-37)43-21-14-22-44(35-43)51-53-52(45-23-10-11-24-46(45)55-51)56-47-25-12-13-34-59(47)53/h1-35H. The molecule has 276 valence electrons. The number of hydrogen-bond acceptors (Lipinski definition) is 4. The molecule has 59 heavy (non-hydrogen) atoms. The van der Waals surface area contributed by atoms with Gasteiger partial charge in [0.2, 0.25) is 0 Å². The molecule has 0 fully saturated rings. The number of fused-ring (bicyclic) bond motifs is 5. The first-order valence-corrected chi connectivity index (χ1v) is 19.8. The van der Waals surface area contributed by atoms with Gasteiger partial charge in [-0.15, -0.1) is 0 Å². The highest BCUT2D eigenvalue weighted by molar-refractivity contribution is 6.09. The predicted molar refractivity (Wildman–Crippen MR) is 242 cm³/mol. The minimum Gasteiger partial charge on any atom is -0.298 e. The Balaban J connectivity index is 1.17. The highest BCUT2D eigenvalue weighted by Crippen LogP contribution is 2.42. The Morgan fingerprint density at radius 1 is 0.322 bits per heavy atom. The molecule has 11 rings (SSSR count). The minimum absolute atomic E-state index is 0.665. The van der Waals surface area contributed by atoms with E-state index in [1.807, 2.05) is 54.6 Å². The quantitative estimate of drug-likeness (QED) is 0.163. The number of hydrogen-bond donors (Lipinski definition) is 0. The Bertz CT molecular complexity index is 3180. The molecule has 0 bridgehead atoms. The molecule has 4 heterocycles. The molecule has 4 aromatic heterocycles. The van der Waals surface area contributed by atoms with Gasteiger partial charge in [0.25, 0.3) is 0 Å². The summed E-state index contributed by atoms with van der Waals surface area (Å²) in [6, 6.07) is 71.7. The first kappa shape index (κ1) is 34.2. The third kappa shape index (κ3) is 6.22. The van der Waals surface area contributed by atoms with Gasteiger partial charge in [-0.25, -0.2) is 19.9 Å². The Morgan fingerprint density at radius 3 is 1.44 bits per heavy atom. The maximum Gasteiger partial charge on any atom is 0.160 e. The van der Waals surface area contributed by atoms with Crippen molar-refractivity contribution in [2.24, 2.45) is 0 Å². The van der Waals surface area contributed by atoms with Crippen molar-refractivity contribution in [3.63, 3.8) is 0 Å². The molecule has 0 spiro atoms. The van der Waals surface area contributed by atoms with Crippen LogP contribution in [0, 0.1) is 0 Å². The fourth-order valence-electron chi connectivity index (χ4n) is 8.15. The Hall–Kier alpha value is -8.02. The average molecular weight is 754 g/mol. The summed E-state index contributed by atoms with van der Waals surface area (Å²) in [7, 11) is 0. The van der Waals surface area contributed by atoms with Crippen LogP contribution in [0.15, 0.2) is 212 Å². The number of para-hydroxylation sites is 1. The van der Waals surface area contributed by atoms with Gasteiger partial charge in [-0.3, -0.25) is 4.40 Å². The van der Waals surface area contributed by atoms with Crippen LogP contribution in [0.2, 0.25) is 0 Å². The first-order chi connectivity index (χ1) is 29.2. The van der Waals surface area contributed by atoms with Crippen LogP contribution in [-0.4, -0.2) is 24.3 Å².